The van der Waals surface area contributed by atoms with Crippen molar-refractivity contribution in [2.45, 2.75) is 32.4 Å². The third kappa shape index (κ3) is 4.11. The second-order valence-electron chi connectivity index (χ2n) is 4.87. The van der Waals surface area contributed by atoms with Gasteiger partial charge in [0.2, 0.25) is 0 Å². The zero-order chi connectivity index (χ0) is 13.5. The molecular weight excluding hydrogens is 232 g/mol. The van der Waals surface area contributed by atoms with Crippen molar-refractivity contribution in [2.24, 2.45) is 0 Å². The van der Waals surface area contributed by atoms with E-state index in [-0.39, 0.29) is 0 Å². The van der Waals surface area contributed by atoms with E-state index in [1.165, 1.54) is 11.1 Å². The molecule has 3 N–H and O–H groups in total. The monoisotopic (exact) mass is 254 g/mol. The molecule has 0 saturated heterocycles. The summed E-state index contributed by atoms with van der Waals surface area (Å²) in [4.78, 5) is 0. The van der Waals surface area contributed by atoms with Crippen LogP contribution in [0.2, 0.25) is 0 Å². The number of nitrogens with two attached hydrogens (primary N) is 1. The summed E-state index contributed by atoms with van der Waals surface area (Å²) in [6, 6.07) is 19.1. The van der Waals surface area contributed by atoms with E-state index in [4.69, 9.17) is 5.73 Å². The Balaban J connectivity index is 2.02. The van der Waals surface area contributed by atoms with Crippen molar-refractivity contribution in [3.8, 4) is 0 Å². The Hall–Kier alpha value is -1.80. The van der Waals surface area contributed by atoms with Crippen molar-refractivity contribution in [3.63, 3.8) is 0 Å². The van der Waals surface area contributed by atoms with E-state index in [9.17, 15) is 0 Å². The van der Waals surface area contributed by atoms with E-state index in [0.29, 0.717) is 6.04 Å². The minimum absolute atomic E-state index is 0.394. The fourth-order valence-corrected chi connectivity index (χ4v) is 2.24. The second-order valence-corrected chi connectivity index (χ2v) is 4.87. The highest BCUT2D eigenvalue weighted by Gasteiger charge is 2.09. The molecule has 2 heteroatoms. The first-order valence-electron chi connectivity index (χ1n) is 6.92. The Kier molecular flexibility index (Phi) is 4.99. The molecule has 2 rings (SSSR count). The number of anilines is 1. The molecule has 0 amide bonds. The minimum Gasteiger partial charge on any atom is -0.399 e. The zero-order valence-electron chi connectivity index (χ0n) is 11.5. The molecule has 100 valence electrons. The molecule has 0 bridgehead atoms. The smallest absolute Gasteiger partial charge is 0.0323 e. The van der Waals surface area contributed by atoms with Gasteiger partial charge in [0.05, 0.1) is 0 Å². The number of rotatable bonds is 6. The second kappa shape index (κ2) is 6.95. The number of nitrogens with one attached hydrogen (secondary N) is 1. The molecule has 0 heterocycles. The van der Waals surface area contributed by atoms with Crippen molar-refractivity contribution < 1.29 is 0 Å². The summed E-state index contributed by atoms with van der Waals surface area (Å²) in [5.41, 5.74) is 9.20. The van der Waals surface area contributed by atoms with Crippen LogP contribution >= 0.6 is 0 Å². The first-order chi connectivity index (χ1) is 9.29. The van der Waals surface area contributed by atoms with Crippen LogP contribution in [0.15, 0.2) is 54.6 Å². The molecule has 0 aliphatic rings. The highest BCUT2D eigenvalue weighted by molar-refractivity contribution is 5.40. The van der Waals surface area contributed by atoms with Gasteiger partial charge in [-0.25, -0.2) is 0 Å². The maximum absolute atomic E-state index is 5.75. The Labute approximate surface area is 115 Å². The summed E-state index contributed by atoms with van der Waals surface area (Å²) >= 11 is 0. The Morgan fingerprint density at radius 3 is 2.32 bits per heavy atom. The summed E-state index contributed by atoms with van der Waals surface area (Å²) in [5.74, 6) is 0. The Bertz CT molecular complexity index is 476. The maximum atomic E-state index is 5.75. The van der Waals surface area contributed by atoms with Crippen LogP contribution in [0.1, 0.15) is 36.9 Å². The van der Waals surface area contributed by atoms with Gasteiger partial charge in [0.1, 0.15) is 0 Å². The van der Waals surface area contributed by atoms with Crippen molar-refractivity contribution >= 4 is 5.69 Å². The van der Waals surface area contributed by atoms with Crippen LogP contribution in [-0.4, -0.2) is 0 Å². The fourth-order valence-electron chi connectivity index (χ4n) is 2.24. The quantitative estimate of drug-likeness (QED) is 0.767. The standard InChI is InChI=1S/C17H22N2/c1-2-6-17(15-9-11-16(18)12-10-15)19-13-14-7-4-3-5-8-14/h3-5,7-12,17,19H,2,6,13,18H2,1H3. The van der Waals surface area contributed by atoms with Crippen LogP contribution in [0, 0.1) is 0 Å². The molecule has 0 saturated carbocycles. The normalized spacial score (nSPS) is 12.3. The molecule has 0 fully saturated rings. The van der Waals surface area contributed by atoms with Crippen molar-refractivity contribution in [1.82, 2.24) is 5.32 Å². The number of benzene rings is 2. The van der Waals surface area contributed by atoms with E-state index < -0.39 is 0 Å². The van der Waals surface area contributed by atoms with Crippen LogP contribution in [0.4, 0.5) is 5.69 Å². The first-order valence-corrected chi connectivity index (χ1v) is 6.92. The largest absolute Gasteiger partial charge is 0.399 e. The van der Waals surface area contributed by atoms with Gasteiger partial charge in [-0.15, -0.1) is 0 Å². The van der Waals surface area contributed by atoms with Gasteiger partial charge < -0.3 is 11.1 Å². The van der Waals surface area contributed by atoms with Gasteiger partial charge in [-0.1, -0.05) is 55.8 Å². The van der Waals surface area contributed by atoms with Gasteiger partial charge in [-0.05, 0) is 29.7 Å². The van der Waals surface area contributed by atoms with Crippen molar-refractivity contribution in [1.29, 1.82) is 0 Å². The summed E-state index contributed by atoms with van der Waals surface area (Å²) < 4.78 is 0. The van der Waals surface area contributed by atoms with Gasteiger partial charge in [0.15, 0.2) is 0 Å². The molecule has 2 aromatic carbocycles. The van der Waals surface area contributed by atoms with Gasteiger partial charge >= 0.3 is 0 Å². The molecule has 0 aliphatic heterocycles. The van der Waals surface area contributed by atoms with Gasteiger partial charge in [-0.2, -0.15) is 0 Å². The summed E-state index contributed by atoms with van der Waals surface area (Å²) in [7, 11) is 0. The zero-order valence-corrected chi connectivity index (χ0v) is 11.5. The topological polar surface area (TPSA) is 38.0 Å². The van der Waals surface area contributed by atoms with Gasteiger partial charge in [0.25, 0.3) is 0 Å². The van der Waals surface area contributed by atoms with Gasteiger partial charge in [0, 0.05) is 18.3 Å². The highest BCUT2D eigenvalue weighted by atomic mass is 14.9. The molecule has 0 aromatic heterocycles. The van der Waals surface area contributed by atoms with E-state index in [1.54, 1.807) is 0 Å². The van der Waals surface area contributed by atoms with Crippen LogP contribution < -0.4 is 11.1 Å². The minimum atomic E-state index is 0.394. The van der Waals surface area contributed by atoms with E-state index in [0.717, 1.165) is 25.1 Å². The molecule has 19 heavy (non-hydrogen) atoms. The average Bonchev–Trinajstić information content (AvgIpc) is 2.46. The molecular formula is C17H22N2. The number of hydrogen-bond donors (Lipinski definition) is 2. The predicted octanol–water partition coefficient (Wildman–Crippen LogP) is 3.90. The highest BCUT2D eigenvalue weighted by Crippen LogP contribution is 2.20. The third-order valence-corrected chi connectivity index (χ3v) is 3.31. The Morgan fingerprint density at radius 2 is 1.68 bits per heavy atom. The van der Waals surface area contributed by atoms with Crippen molar-refractivity contribution in [3.05, 3.63) is 65.7 Å². The molecule has 0 radical (unpaired) electrons. The summed E-state index contributed by atoms with van der Waals surface area (Å²) in [5, 5.41) is 3.63. The van der Waals surface area contributed by atoms with E-state index in [2.05, 4.69) is 48.6 Å². The lowest BCUT2D eigenvalue weighted by atomic mass is 10.0. The number of hydrogen-bond acceptors (Lipinski definition) is 2. The molecule has 0 spiro atoms. The van der Waals surface area contributed by atoms with Crippen LogP contribution in [-0.2, 0) is 6.54 Å². The van der Waals surface area contributed by atoms with E-state index in [1.807, 2.05) is 18.2 Å². The average molecular weight is 254 g/mol. The summed E-state index contributed by atoms with van der Waals surface area (Å²) in [6.45, 7) is 3.12. The van der Waals surface area contributed by atoms with E-state index >= 15 is 0 Å². The first kappa shape index (κ1) is 13.6. The lowest BCUT2D eigenvalue weighted by Gasteiger charge is -2.19. The number of nitrogen functional groups attached to an aromatic ring is 1. The molecule has 2 aromatic rings. The van der Waals surface area contributed by atoms with Crippen LogP contribution in [0.3, 0.4) is 0 Å². The SMILES string of the molecule is CCCC(NCc1ccccc1)c1ccc(N)cc1. The van der Waals surface area contributed by atoms with Crippen LogP contribution in [0.5, 0.6) is 0 Å². The van der Waals surface area contributed by atoms with Gasteiger partial charge in [-0.3, -0.25) is 0 Å². The molecule has 0 aliphatic carbocycles. The predicted molar refractivity (Wildman–Crippen MR) is 81.8 cm³/mol. The molecule has 1 unspecified atom stereocenters. The Morgan fingerprint density at radius 1 is 1.00 bits per heavy atom. The molecule has 1 atom stereocenters. The van der Waals surface area contributed by atoms with Crippen LogP contribution in [0.25, 0.3) is 0 Å². The lowest BCUT2D eigenvalue weighted by Crippen LogP contribution is -2.20. The fraction of sp³-hybridized carbons (Fsp3) is 0.294. The summed E-state index contributed by atoms with van der Waals surface area (Å²) in [6.07, 6.45) is 2.30. The maximum Gasteiger partial charge on any atom is 0.0323 e. The third-order valence-electron chi connectivity index (χ3n) is 3.31. The molecule has 2 nitrogen and oxygen atoms in total. The lowest BCUT2D eigenvalue weighted by molar-refractivity contribution is 0.493. The van der Waals surface area contributed by atoms with Crippen molar-refractivity contribution in [2.75, 3.05) is 5.73 Å².